The maximum Gasteiger partial charge on any atom is 0.312 e. The van der Waals surface area contributed by atoms with Crippen molar-refractivity contribution in [3.63, 3.8) is 0 Å². The quantitative estimate of drug-likeness (QED) is 0.607. The normalized spacial score (nSPS) is 12.6. The summed E-state index contributed by atoms with van der Waals surface area (Å²) < 4.78 is 4.91. The smallest absolute Gasteiger partial charge is 0.312 e. The van der Waals surface area contributed by atoms with E-state index in [0.717, 1.165) is 0 Å². The molecule has 0 saturated heterocycles. The van der Waals surface area contributed by atoms with E-state index >= 15 is 0 Å². The average Bonchev–Trinajstić information content (AvgIpc) is 2.01. The highest BCUT2D eigenvalue weighted by Gasteiger charge is 2.17. The van der Waals surface area contributed by atoms with E-state index in [4.69, 9.17) is 9.84 Å². The molecule has 1 atom stereocenters. The van der Waals surface area contributed by atoms with Gasteiger partial charge in [0.2, 0.25) is 5.91 Å². The van der Waals surface area contributed by atoms with E-state index in [9.17, 15) is 9.59 Å². The highest BCUT2D eigenvalue weighted by atomic mass is 16.5. The standard InChI is InChI=1S/C9H17NO4/c1-6(2)7(5-14-3)10-8(11)4-9(12)13/h6-7H,4-5H2,1-3H3,(H,10,11)(H,12,13). The number of nitrogens with one attached hydrogen (secondary N) is 1. The summed E-state index contributed by atoms with van der Waals surface area (Å²) in [5.74, 6) is -1.39. The van der Waals surface area contributed by atoms with Crippen LogP contribution in [-0.2, 0) is 14.3 Å². The molecular weight excluding hydrogens is 186 g/mol. The average molecular weight is 203 g/mol. The maximum atomic E-state index is 11.1. The molecule has 0 radical (unpaired) electrons. The van der Waals surface area contributed by atoms with E-state index in [-0.39, 0.29) is 12.0 Å². The zero-order valence-electron chi connectivity index (χ0n) is 8.74. The van der Waals surface area contributed by atoms with Gasteiger partial charge in [0.05, 0.1) is 12.6 Å². The van der Waals surface area contributed by atoms with Crippen molar-refractivity contribution in [1.29, 1.82) is 0 Å². The topological polar surface area (TPSA) is 75.6 Å². The van der Waals surface area contributed by atoms with Crippen molar-refractivity contribution in [3.05, 3.63) is 0 Å². The second-order valence-electron chi connectivity index (χ2n) is 3.44. The molecule has 14 heavy (non-hydrogen) atoms. The number of aliphatic carboxylic acids is 1. The van der Waals surface area contributed by atoms with Crippen molar-refractivity contribution in [1.82, 2.24) is 5.32 Å². The zero-order valence-corrected chi connectivity index (χ0v) is 8.74. The van der Waals surface area contributed by atoms with Gasteiger partial charge in [-0.05, 0) is 5.92 Å². The summed E-state index contributed by atoms with van der Waals surface area (Å²) in [6.45, 7) is 4.26. The largest absolute Gasteiger partial charge is 0.481 e. The van der Waals surface area contributed by atoms with Gasteiger partial charge in [-0.15, -0.1) is 0 Å². The number of carbonyl (C=O) groups is 2. The van der Waals surface area contributed by atoms with Crippen LogP contribution >= 0.6 is 0 Å². The van der Waals surface area contributed by atoms with E-state index in [1.54, 1.807) is 7.11 Å². The minimum absolute atomic E-state index is 0.133. The molecule has 0 saturated carbocycles. The lowest BCUT2D eigenvalue weighted by Crippen LogP contribution is -2.42. The first-order chi connectivity index (χ1) is 6.47. The van der Waals surface area contributed by atoms with Gasteiger partial charge in [0.25, 0.3) is 0 Å². The lowest BCUT2D eigenvalue weighted by atomic mass is 10.1. The number of hydrogen-bond acceptors (Lipinski definition) is 3. The SMILES string of the molecule is COCC(NC(=O)CC(=O)O)C(C)C. The van der Waals surface area contributed by atoms with E-state index < -0.39 is 18.3 Å². The lowest BCUT2D eigenvalue weighted by molar-refractivity contribution is -0.141. The maximum absolute atomic E-state index is 11.1. The number of ether oxygens (including phenoxy) is 1. The van der Waals surface area contributed by atoms with Crippen LogP contribution in [0.4, 0.5) is 0 Å². The summed E-state index contributed by atoms with van der Waals surface area (Å²) >= 11 is 0. The molecule has 0 aromatic carbocycles. The van der Waals surface area contributed by atoms with Crippen molar-refractivity contribution in [2.45, 2.75) is 26.3 Å². The van der Waals surface area contributed by atoms with Crippen LogP contribution in [-0.4, -0.2) is 36.7 Å². The first-order valence-corrected chi connectivity index (χ1v) is 4.47. The third kappa shape index (κ3) is 5.53. The van der Waals surface area contributed by atoms with Gasteiger partial charge in [0, 0.05) is 7.11 Å². The fraction of sp³-hybridized carbons (Fsp3) is 0.778. The molecule has 1 unspecified atom stereocenters. The predicted molar refractivity (Wildman–Crippen MR) is 50.9 cm³/mol. The molecule has 5 heteroatoms. The monoisotopic (exact) mass is 203 g/mol. The number of hydrogen-bond donors (Lipinski definition) is 2. The molecule has 0 bridgehead atoms. The van der Waals surface area contributed by atoms with Gasteiger partial charge in [-0.1, -0.05) is 13.8 Å². The minimum atomic E-state index is -1.12. The second kappa shape index (κ2) is 6.37. The van der Waals surface area contributed by atoms with Crippen LogP contribution in [0, 0.1) is 5.92 Å². The van der Waals surface area contributed by atoms with E-state index in [1.165, 1.54) is 0 Å². The van der Waals surface area contributed by atoms with Crippen molar-refractivity contribution in [2.75, 3.05) is 13.7 Å². The van der Waals surface area contributed by atoms with Crippen molar-refractivity contribution in [3.8, 4) is 0 Å². The molecule has 5 nitrogen and oxygen atoms in total. The highest BCUT2D eigenvalue weighted by molar-refractivity contribution is 5.93. The molecule has 0 aliphatic heterocycles. The fourth-order valence-electron chi connectivity index (χ4n) is 0.976. The molecule has 0 aliphatic rings. The summed E-state index contributed by atoms with van der Waals surface area (Å²) in [6, 6.07) is -0.133. The Morgan fingerprint density at radius 3 is 2.36 bits per heavy atom. The van der Waals surface area contributed by atoms with Gasteiger partial charge < -0.3 is 15.2 Å². The van der Waals surface area contributed by atoms with Gasteiger partial charge >= 0.3 is 5.97 Å². The molecule has 1 amide bonds. The Labute approximate surface area is 83.4 Å². The second-order valence-corrected chi connectivity index (χ2v) is 3.44. The Morgan fingerprint density at radius 1 is 1.43 bits per heavy atom. The Kier molecular flexibility index (Phi) is 5.87. The van der Waals surface area contributed by atoms with Crippen molar-refractivity contribution < 1.29 is 19.4 Å². The summed E-state index contributed by atoms with van der Waals surface area (Å²) in [7, 11) is 1.54. The van der Waals surface area contributed by atoms with E-state index in [1.807, 2.05) is 13.8 Å². The molecule has 0 heterocycles. The fourth-order valence-corrected chi connectivity index (χ4v) is 0.976. The van der Waals surface area contributed by atoms with Gasteiger partial charge in [0.1, 0.15) is 6.42 Å². The van der Waals surface area contributed by atoms with Crippen LogP contribution in [0.1, 0.15) is 20.3 Å². The number of rotatable bonds is 6. The minimum Gasteiger partial charge on any atom is -0.481 e. The summed E-state index contributed by atoms with van der Waals surface area (Å²) in [4.78, 5) is 21.3. The lowest BCUT2D eigenvalue weighted by Gasteiger charge is -2.20. The number of carboxylic acids is 1. The molecule has 0 spiro atoms. The van der Waals surface area contributed by atoms with Crippen LogP contribution < -0.4 is 5.32 Å². The molecule has 0 rings (SSSR count). The summed E-state index contributed by atoms with van der Waals surface area (Å²) in [5.41, 5.74) is 0. The van der Waals surface area contributed by atoms with E-state index in [2.05, 4.69) is 5.32 Å². The summed E-state index contributed by atoms with van der Waals surface area (Å²) in [6.07, 6.45) is -0.493. The third-order valence-corrected chi connectivity index (χ3v) is 1.81. The van der Waals surface area contributed by atoms with Crippen LogP contribution in [0.3, 0.4) is 0 Å². The van der Waals surface area contributed by atoms with Gasteiger partial charge in [-0.2, -0.15) is 0 Å². The number of carbonyl (C=O) groups excluding carboxylic acids is 1. The van der Waals surface area contributed by atoms with Gasteiger partial charge in [-0.25, -0.2) is 0 Å². The number of methoxy groups -OCH3 is 1. The van der Waals surface area contributed by atoms with Gasteiger partial charge in [-0.3, -0.25) is 9.59 Å². The molecule has 2 N–H and O–H groups in total. The Morgan fingerprint density at radius 2 is 2.00 bits per heavy atom. The third-order valence-electron chi connectivity index (χ3n) is 1.81. The first kappa shape index (κ1) is 12.9. The van der Waals surface area contributed by atoms with Gasteiger partial charge in [0.15, 0.2) is 0 Å². The summed E-state index contributed by atoms with van der Waals surface area (Å²) in [5, 5.41) is 11.0. The molecule has 82 valence electrons. The molecule has 0 fully saturated rings. The van der Waals surface area contributed by atoms with Crippen LogP contribution in [0.2, 0.25) is 0 Å². The van der Waals surface area contributed by atoms with Crippen LogP contribution in [0.15, 0.2) is 0 Å². The predicted octanol–water partition coefficient (Wildman–Crippen LogP) is 0.248. The Bertz CT molecular complexity index is 203. The van der Waals surface area contributed by atoms with Crippen molar-refractivity contribution >= 4 is 11.9 Å². The van der Waals surface area contributed by atoms with Crippen LogP contribution in [0.25, 0.3) is 0 Å². The first-order valence-electron chi connectivity index (χ1n) is 4.47. The molecule has 0 aromatic heterocycles. The Balaban J connectivity index is 4.02. The van der Waals surface area contributed by atoms with Crippen molar-refractivity contribution in [2.24, 2.45) is 5.92 Å². The molecule has 0 aliphatic carbocycles. The highest BCUT2D eigenvalue weighted by Crippen LogP contribution is 2.02. The Hall–Kier alpha value is -1.10. The number of amides is 1. The number of carboxylic acid groups (broad SMARTS) is 1. The molecular formula is C9H17NO4. The van der Waals surface area contributed by atoms with E-state index in [0.29, 0.717) is 6.61 Å². The zero-order chi connectivity index (χ0) is 11.1. The van der Waals surface area contributed by atoms with Crippen LogP contribution in [0.5, 0.6) is 0 Å². The molecule has 0 aromatic rings.